The van der Waals surface area contributed by atoms with Crippen molar-refractivity contribution in [2.24, 2.45) is 0 Å². The molecule has 0 radical (unpaired) electrons. The Hall–Kier alpha value is -2.37. The van der Waals surface area contributed by atoms with Gasteiger partial charge in [0.1, 0.15) is 5.82 Å². The van der Waals surface area contributed by atoms with Crippen molar-refractivity contribution in [2.45, 2.75) is 27.2 Å². The van der Waals surface area contributed by atoms with E-state index in [9.17, 15) is 4.79 Å². The minimum Gasteiger partial charge on any atom is -0.373 e. The number of H-pyrrole nitrogens is 1. The standard InChI is InChI=1S/C14H19N5O/c1-5-11-6-10(7-12(15-4)16-11)14(20)17-13-8(2)18-19-9(13)3/h6-7H,5H2,1-4H3,(H,15,16)(H,17,20)(H,18,19). The second kappa shape index (κ2) is 5.73. The molecule has 2 aromatic rings. The molecule has 0 atom stereocenters. The van der Waals surface area contributed by atoms with Gasteiger partial charge >= 0.3 is 0 Å². The van der Waals surface area contributed by atoms with E-state index in [0.29, 0.717) is 11.4 Å². The highest BCUT2D eigenvalue weighted by atomic mass is 16.1. The average Bonchev–Trinajstić information content (AvgIpc) is 2.78. The molecule has 0 saturated carbocycles. The van der Waals surface area contributed by atoms with Crippen molar-refractivity contribution in [3.05, 3.63) is 34.8 Å². The second-order valence-electron chi connectivity index (χ2n) is 4.60. The van der Waals surface area contributed by atoms with Crippen molar-refractivity contribution in [1.29, 1.82) is 0 Å². The fraction of sp³-hybridized carbons (Fsp3) is 0.357. The summed E-state index contributed by atoms with van der Waals surface area (Å²) in [6.45, 7) is 5.73. The van der Waals surface area contributed by atoms with Crippen LogP contribution in [0.3, 0.4) is 0 Å². The zero-order chi connectivity index (χ0) is 14.7. The van der Waals surface area contributed by atoms with E-state index >= 15 is 0 Å². The van der Waals surface area contributed by atoms with E-state index in [0.717, 1.165) is 29.2 Å². The molecule has 3 N–H and O–H groups in total. The molecule has 20 heavy (non-hydrogen) atoms. The molecular weight excluding hydrogens is 254 g/mol. The van der Waals surface area contributed by atoms with Gasteiger partial charge in [-0.2, -0.15) is 5.10 Å². The van der Waals surface area contributed by atoms with Gasteiger partial charge in [0.15, 0.2) is 0 Å². The van der Waals surface area contributed by atoms with E-state index in [-0.39, 0.29) is 5.91 Å². The monoisotopic (exact) mass is 273 g/mol. The highest BCUT2D eigenvalue weighted by Gasteiger charge is 2.13. The summed E-state index contributed by atoms with van der Waals surface area (Å²) >= 11 is 0. The largest absolute Gasteiger partial charge is 0.373 e. The van der Waals surface area contributed by atoms with Gasteiger partial charge in [-0.15, -0.1) is 0 Å². The maximum Gasteiger partial charge on any atom is 0.255 e. The maximum absolute atomic E-state index is 12.3. The van der Waals surface area contributed by atoms with Crippen LogP contribution >= 0.6 is 0 Å². The number of nitrogens with one attached hydrogen (secondary N) is 3. The first-order chi connectivity index (χ1) is 9.55. The lowest BCUT2D eigenvalue weighted by Crippen LogP contribution is -2.14. The van der Waals surface area contributed by atoms with Gasteiger partial charge in [-0.25, -0.2) is 4.98 Å². The molecule has 0 aliphatic heterocycles. The molecule has 0 aliphatic rings. The number of aryl methyl sites for hydroxylation is 3. The molecule has 0 spiro atoms. The van der Waals surface area contributed by atoms with Gasteiger partial charge < -0.3 is 10.6 Å². The average molecular weight is 273 g/mol. The van der Waals surface area contributed by atoms with Crippen LogP contribution in [0.4, 0.5) is 11.5 Å². The third-order valence-electron chi connectivity index (χ3n) is 3.13. The minimum atomic E-state index is -0.161. The van der Waals surface area contributed by atoms with E-state index in [2.05, 4.69) is 25.8 Å². The molecule has 106 valence electrons. The van der Waals surface area contributed by atoms with Gasteiger partial charge in [0.05, 0.1) is 17.1 Å². The molecule has 0 saturated heterocycles. The molecule has 0 aliphatic carbocycles. The smallest absolute Gasteiger partial charge is 0.255 e. The molecule has 1 amide bonds. The van der Waals surface area contributed by atoms with E-state index in [1.807, 2.05) is 20.8 Å². The van der Waals surface area contributed by atoms with Crippen molar-refractivity contribution in [3.63, 3.8) is 0 Å². The topological polar surface area (TPSA) is 82.7 Å². The van der Waals surface area contributed by atoms with Gasteiger partial charge in [-0.1, -0.05) is 6.92 Å². The molecule has 0 unspecified atom stereocenters. The predicted octanol–water partition coefficient (Wildman–Crippen LogP) is 2.28. The Morgan fingerprint density at radius 3 is 2.65 bits per heavy atom. The predicted molar refractivity (Wildman–Crippen MR) is 79.2 cm³/mol. The number of anilines is 2. The molecule has 0 fully saturated rings. The van der Waals surface area contributed by atoms with Crippen LogP contribution in [0.5, 0.6) is 0 Å². The first kappa shape index (κ1) is 14.0. The van der Waals surface area contributed by atoms with Crippen LogP contribution in [-0.2, 0) is 6.42 Å². The normalized spacial score (nSPS) is 10.4. The Morgan fingerprint density at radius 1 is 1.35 bits per heavy atom. The zero-order valence-electron chi connectivity index (χ0n) is 12.2. The number of aromatic amines is 1. The van der Waals surface area contributed by atoms with Crippen molar-refractivity contribution in [1.82, 2.24) is 15.2 Å². The number of nitrogens with zero attached hydrogens (tertiary/aromatic N) is 2. The number of hydrogen-bond donors (Lipinski definition) is 3. The number of carbonyl (C=O) groups is 1. The van der Waals surface area contributed by atoms with Crippen LogP contribution in [0.2, 0.25) is 0 Å². The van der Waals surface area contributed by atoms with E-state index < -0.39 is 0 Å². The summed E-state index contributed by atoms with van der Waals surface area (Å²) in [6, 6.07) is 3.54. The van der Waals surface area contributed by atoms with Crippen molar-refractivity contribution in [3.8, 4) is 0 Å². The summed E-state index contributed by atoms with van der Waals surface area (Å²) in [7, 11) is 1.79. The highest BCUT2D eigenvalue weighted by molar-refractivity contribution is 6.05. The Labute approximate surface area is 118 Å². The van der Waals surface area contributed by atoms with Gasteiger partial charge in [0.25, 0.3) is 5.91 Å². The van der Waals surface area contributed by atoms with Crippen LogP contribution in [-0.4, -0.2) is 28.1 Å². The Balaban J connectivity index is 2.29. The SMILES string of the molecule is CCc1cc(C(=O)Nc2c(C)n[nH]c2C)cc(NC)n1. The summed E-state index contributed by atoms with van der Waals surface area (Å²) < 4.78 is 0. The van der Waals surface area contributed by atoms with Gasteiger partial charge in [-0.05, 0) is 32.4 Å². The van der Waals surface area contributed by atoms with Gasteiger partial charge in [0, 0.05) is 18.3 Å². The molecular formula is C14H19N5O. The molecule has 6 nitrogen and oxygen atoms in total. The molecule has 0 aromatic carbocycles. The number of rotatable bonds is 4. The summed E-state index contributed by atoms with van der Waals surface area (Å²) in [5.41, 5.74) is 3.81. The number of hydrogen-bond acceptors (Lipinski definition) is 4. The van der Waals surface area contributed by atoms with Crippen LogP contribution in [0, 0.1) is 13.8 Å². The first-order valence-electron chi connectivity index (χ1n) is 6.56. The van der Waals surface area contributed by atoms with E-state index in [1.54, 1.807) is 19.2 Å². The van der Waals surface area contributed by atoms with Crippen LogP contribution in [0.25, 0.3) is 0 Å². The highest BCUT2D eigenvalue weighted by Crippen LogP contribution is 2.18. The summed E-state index contributed by atoms with van der Waals surface area (Å²) in [4.78, 5) is 16.7. The minimum absolute atomic E-state index is 0.161. The molecule has 0 bridgehead atoms. The summed E-state index contributed by atoms with van der Waals surface area (Å²) in [6.07, 6.45) is 0.777. The Kier molecular flexibility index (Phi) is 4.02. The van der Waals surface area contributed by atoms with Crippen LogP contribution < -0.4 is 10.6 Å². The Bertz CT molecular complexity index is 591. The third kappa shape index (κ3) is 2.79. The molecule has 2 aromatic heterocycles. The Morgan fingerprint density at radius 2 is 2.10 bits per heavy atom. The lowest BCUT2D eigenvalue weighted by molar-refractivity contribution is 0.102. The van der Waals surface area contributed by atoms with E-state index in [4.69, 9.17) is 0 Å². The fourth-order valence-electron chi connectivity index (χ4n) is 1.95. The number of pyridine rings is 1. The van der Waals surface area contributed by atoms with Gasteiger partial charge in [0.2, 0.25) is 0 Å². The lowest BCUT2D eigenvalue weighted by atomic mass is 10.1. The zero-order valence-corrected chi connectivity index (χ0v) is 12.2. The first-order valence-corrected chi connectivity index (χ1v) is 6.56. The fourth-order valence-corrected chi connectivity index (χ4v) is 1.95. The third-order valence-corrected chi connectivity index (χ3v) is 3.13. The van der Waals surface area contributed by atoms with Gasteiger partial charge in [-0.3, -0.25) is 9.89 Å². The summed E-state index contributed by atoms with van der Waals surface area (Å²) in [5, 5.41) is 12.8. The molecule has 6 heteroatoms. The molecule has 2 rings (SSSR count). The maximum atomic E-state index is 12.3. The quantitative estimate of drug-likeness (QED) is 0.798. The van der Waals surface area contributed by atoms with Crippen LogP contribution in [0.15, 0.2) is 12.1 Å². The summed E-state index contributed by atoms with van der Waals surface area (Å²) in [5.74, 6) is 0.529. The molecule has 2 heterocycles. The number of aromatic nitrogens is 3. The van der Waals surface area contributed by atoms with Crippen LogP contribution in [0.1, 0.15) is 34.4 Å². The van der Waals surface area contributed by atoms with E-state index in [1.165, 1.54) is 0 Å². The second-order valence-corrected chi connectivity index (χ2v) is 4.60. The number of carbonyl (C=O) groups excluding carboxylic acids is 1. The van der Waals surface area contributed by atoms with Crippen molar-refractivity contribution >= 4 is 17.4 Å². The van der Waals surface area contributed by atoms with Crippen molar-refractivity contribution < 1.29 is 4.79 Å². The van der Waals surface area contributed by atoms with Crippen molar-refractivity contribution in [2.75, 3.05) is 17.7 Å². The lowest BCUT2D eigenvalue weighted by Gasteiger charge is -2.09. The number of amides is 1.